The van der Waals surface area contributed by atoms with Gasteiger partial charge in [0.2, 0.25) is 0 Å². The molecule has 3 heterocycles. The summed E-state index contributed by atoms with van der Waals surface area (Å²) in [6.07, 6.45) is 5.75. The van der Waals surface area contributed by atoms with E-state index in [2.05, 4.69) is 34.1 Å². The molecule has 6 nitrogen and oxygen atoms in total. The monoisotopic (exact) mass is 366 g/mol. The van der Waals surface area contributed by atoms with Gasteiger partial charge in [-0.1, -0.05) is 25.0 Å². The molecule has 2 atom stereocenters. The molecule has 0 radical (unpaired) electrons. The van der Waals surface area contributed by atoms with Crippen molar-refractivity contribution in [1.29, 1.82) is 0 Å². The van der Waals surface area contributed by atoms with Crippen LogP contribution in [-0.4, -0.2) is 47.2 Å². The first-order valence-corrected chi connectivity index (χ1v) is 10.0. The van der Waals surface area contributed by atoms with Crippen molar-refractivity contribution in [3.8, 4) is 0 Å². The van der Waals surface area contributed by atoms with Gasteiger partial charge in [-0.15, -0.1) is 0 Å². The summed E-state index contributed by atoms with van der Waals surface area (Å²) < 4.78 is 0. The lowest BCUT2D eigenvalue weighted by molar-refractivity contribution is 0.165. The van der Waals surface area contributed by atoms with Crippen molar-refractivity contribution >= 4 is 5.82 Å². The van der Waals surface area contributed by atoms with Crippen LogP contribution in [0.4, 0.5) is 5.82 Å². The Hall–Kier alpha value is -2.02. The van der Waals surface area contributed by atoms with E-state index in [1.54, 1.807) is 0 Å². The normalized spacial score (nSPS) is 22.0. The smallest absolute Gasteiger partial charge is 0.128 e. The first kappa shape index (κ1) is 18.3. The molecule has 0 spiro atoms. The minimum absolute atomic E-state index is 0.0664. The van der Waals surface area contributed by atoms with Gasteiger partial charge in [0.05, 0.1) is 5.69 Å². The fraction of sp³-hybridized carbons (Fsp3) is 0.524. The zero-order valence-corrected chi connectivity index (χ0v) is 16.1. The van der Waals surface area contributed by atoms with E-state index in [1.165, 1.54) is 19.3 Å². The molecular weight excluding hydrogens is 336 g/mol. The molecule has 27 heavy (non-hydrogen) atoms. The van der Waals surface area contributed by atoms with Crippen LogP contribution in [0.15, 0.2) is 36.5 Å². The van der Waals surface area contributed by atoms with Crippen LogP contribution in [-0.2, 0) is 0 Å². The van der Waals surface area contributed by atoms with Crippen molar-refractivity contribution in [2.24, 2.45) is 17.5 Å². The zero-order valence-electron chi connectivity index (χ0n) is 16.1. The predicted octanol–water partition coefficient (Wildman–Crippen LogP) is 2.04. The van der Waals surface area contributed by atoms with Crippen LogP contribution in [0, 0.1) is 12.8 Å². The summed E-state index contributed by atoms with van der Waals surface area (Å²) >= 11 is 0. The van der Waals surface area contributed by atoms with Crippen LogP contribution >= 0.6 is 0 Å². The number of nitrogens with zero attached hydrogens (tertiary/aromatic N) is 4. The maximum absolute atomic E-state index is 6.25. The summed E-state index contributed by atoms with van der Waals surface area (Å²) in [5.41, 5.74) is 9.32. The van der Waals surface area contributed by atoms with Crippen LogP contribution < -0.4 is 16.5 Å². The van der Waals surface area contributed by atoms with Gasteiger partial charge in [-0.3, -0.25) is 10.8 Å². The molecule has 2 aromatic rings. The highest BCUT2D eigenvalue weighted by atomic mass is 15.5. The third kappa shape index (κ3) is 4.13. The first-order chi connectivity index (χ1) is 13.2. The zero-order chi connectivity index (χ0) is 18.8. The Morgan fingerprint density at radius 1 is 1.19 bits per heavy atom. The molecular formula is C21H30N6. The molecule has 1 unspecified atom stereocenters. The van der Waals surface area contributed by atoms with Gasteiger partial charge in [-0.05, 0) is 43.0 Å². The molecule has 4 rings (SSSR count). The van der Waals surface area contributed by atoms with Crippen molar-refractivity contribution in [3.63, 3.8) is 0 Å². The van der Waals surface area contributed by atoms with Crippen molar-refractivity contribution in [2.75, 3.05) is 31.1 Å². The molecule has 0 aromatic carbocycles. The number of aryl methyl sites for hydroxylation is 1. The summed E-state index contributed by atoms with van der Waals surface area (Å²) in [6.45, 7) is 5.29. The third-order valence-electron chi connectivity index (χ3n) is 5.93. The Labute approximate surface area is 161 Å². The molecule has 0 amide bonds. The molecule has 1 saturated heterocycles. The van der Waals surface area contributed by atoms with Gasteiger partial charge in [0, 0.05) is 50.0 Å². The van der Waals surface area contributed by atoms with Crippen molar-refractivity contribution in [1.82, 2.24) is 15.0 Å². The van der Waals surface area contributed by atoms with Crippen LogP contribution in [0.25, 0.3) is 0 Å². The lowest BCUT2D eigenvalue weighted by Crippen LogP contribution is -2.56. The quantitative estimate of drug-likeness (QED) is 0.761. The van der Waals surface area contributed by atoms with E-state index < -0.39 is 0 Å². The van der Waals surface area contributed by atoms with Crippen LogP contribution in [0.5, 0.6) is 0 Å². The lowest BCUT2D eigenvalue weighted by atomic mass is 9.94. The summed E-state index contributed by atoms with van der Waals surface area (Å²) in [5.74, 6) is 8.22. The van der Waals surface area contributed by atoms with E-state index in [-0.39, 0.29) is 5.92 Å². The van der Waals surface area contributed by atoms with E-state index in [0.29, 0.717) is 12.6 Å². The summed E-state index contributed by atoms with van der Waals surface area (Å²) in [6, 6.07) is 10.8. The largest absolute Gasteiger partial charge is 0.354 e. The van der Waals surface area contributed by atoms with Crippen molar-refractivity contribution < 1.29 is 0 Å². The molecule has 1 aliphatic carbocycles. The Balaban J connectivity index is 1.55. The molecule has 0 bridgehead atoms. The molecule has 1 aliphatic heterocycles. The highest BCUT2D eigenvalue weighted by Crippen LogP contribution is 2.35. The van der Waals surface area contributed by atoms with Crippen LogP contribution in [0.2, 0.25) is 0 Å². The number of hydrazine groups is 1. The summed E-state index contributed by atoms with van der Waals surface area (Å²) in [5, 5.41) is 2.03. The maximum Gasteiger partial charge on any atom is 0.128 e. The van der Waals surface area contributed by atoms with Gasteiger partial charge in [0.15, 0.2) is 0 Å². The Morgan fingerprint density at radius 3 is 2.78 bits per heavy atom. The lowest BCUT2D eigenvalue weighted by Gasteiger charge is -2.40. The SMILES string of the molecule is Cc1ncccc1C(CN)c1cccc(N2CCN(N)[C@@H](CC3CC3)C2)n1. The molecule has 144 valence electrons. The second-order valence-corrected chi connectivity index (χ2v) is 7.90. The molecule has 6 heteroatoms. The molecule has 2 aromatic heterocycles. The number of piperazine rings is 1. The Bertz CT molecular complexity index is 775. The van der Waals surface area contributed by atoms with Gasteiger partial charge in [0.25, 0.3) is 0 Å². The number of hydrogen-bond acceptors (Lipinski definition) is 6. The first-order valence-electron chi connectivity index (χ1n) is 10.0. The maximum atomic E-state index is 6.25. The number of pyridine rings is 2. The van der Waals surface area contributed by atoms with Crippen LogP contribution in [0.3, 0.4) is 0 Å². The standard InChI is InChI=1S/C21H30N6/c1-15-18(4-3-9-24-15)19(13-22)20-5-2-6-21(25-20)26-10-11-27(23)17(14-26)12-16-7-8-16/h2-6,9,16-17,19H,7-8,10-14,22-23H2,1H3/t17-,19?/m0/s1. The van der Waals surface area contributed by atoms with E-state index in [1.807, 2.05) is 24.2 Å². The highest BCUT2D eigenvalue weighted by molar-refractivity contribution is 5.43. The summed E-state index contributed by atoms with van der Waals surface area (Å²) in [7, 11) is 0. The molecule has 1 saturated carbocycles. The minimum Gasteiger partial charge on any atom is -0.354 e. The predicted molar refractivity (Wildman–Crippen MR) is 108 cm³/mol. The van der Waals surface area contributed by atoms with E-state index >= 15 is 0 Å². The number of rotatable bonds is 6. The van der Waals surface area contributed by atoms with E-state index in [0.717, 1.165) is 48.3 Å². The highest BCUT2D eigenvalue weighted by Gasteiger charge is 2.32. The number of aromatic nitrogens is 2. The fourth-order valence-corrected chi connectivity index (χ4v) is 4.11. The van der Waals surface area contributed by atoms with Gasteiger partial charge in [0.1, 0.15) is 5.82 Å². The van der Waals surface area contributed by atoms with Crippen molar-refractivity contribution in [3.05, 3.63) is 53.5 Å². The van der Waals surface area contributed by atoms with Gasteiger partial charge in [-0.25, -0.2) is 9.99 Å². The Morgan fingerprint density at radius 2 is 2.04 bits per heavy atom. The van der Waals surface area contributed by atoms with Crippen LogP contribution in [0.1, 0.15) is 42.1 Å². The number of anilines is 1. The van der Waals surface area contributed by atoms with Crippen molar-refractivity contribution in [2.45, 2.75) is 38.1 Å². The van der Waals surface area contributed by atoms with Gasteiger partial charge >= 0.3 is 0 Å². The number of hydrogen-bond donors (Lipinski definition) is 2. The summed E-state index contributed by atoms with van der Waals surface area (Å²) in [4.78, 5) is 11.8. The second-order valence-electron chi connectivity index (χ2n) is 7.90. The van der Waals surface area contributed by atoms with Gasteiger partial charge in [-0.2, -0.15) is 0 Å². The molecule has 2 aliphatic rings. The topological polar surface area (TPSA) is 84.3 Å². The third-order valence-corrected chi connectivity index (χ3v) is 5.93. The molecule has 2 fully saturated rings. The fourth-order valence-electron chi connectivity index (χ4n) is 4.11. The average molecular weight is 367 g/mol. The Kier molecular flexibility index (Phi) is 5.38. The average Bonchev–Trinajstić information content (AvgIpc) is 3.50. The number of nitrogens with two attached hydrogens (primary N) is 2. The second kappa shape index (κ2) is 7.92. The molecule has 4 N–H and O–H groups in total. The minimum atomic E-state index is 0.0664. The van der Waals surface area contributed by atoms with Gasteiger partial charge < -0.3 is 10.6 Å². The van der Waals surface area contributed by atoms with E-state index in [9.17, 15) is 0 Å². The van der Waals surface area contributed by atoms with E-state index in [4.69, 9.17) is 16.6 Å².